The van der Waals surface area contributed by atoms with Crippen molar-refractivity contribution in [1.29, 1.82) is 0 Å². The number of aromatic nitrogens is 8. The Morgan fingerprint density at radius 2 is 1.09 bits per heavy atom. The van der Waals surface area contributed by atoms with Crippen LogP contribution < -0.4 is 10.6 Å². The summed E-state index contributed by atoms with van der Waals surface area (Å²) in [5.41, 5.74) is 7.50. The third-order valence-electron chi connectivity index (χ3n) is 12.3. The quantitative estimate of drug-likeness (QED) is 0.0879. The highest BCUT2D eigenvalue weighted by Crippen LogP contribution is 2.28. The normalized spacial score (nSPS) is 15.1. The van der Waals surface area contributed by atoms with Gasteiger partial charge in [0.2, 0.25) is 21.7 Å². The zero-order valence-electron chi connectivity index (χ0n) is 38.0. The van der Waals surface area contributed by atoms with Crippen LogP contribution >= 0.6 is 11.8 Å². The molecule has 2 saturated carbocycles. The molecule has 2 aromatic carbocycles. The second-order valence-corrected chi connectivity index (χ2v) is 20.6. The number of hydrogen-bond donors (Lipinski definition) is 2. The highest BCUT2D eigenvalue weighted by Gasteiger charge is 2.24. The Morgan fingerprint density at radius 1 is 0.656 bits per heavy atom. The van der Waals surface area contributed by atoms with E-state index >= 15 is 0 Å². The van der Waals surface area contributed by atoms with E-state index in [0.29, 0.717) is 61.0 Å². The third kappa shape index (κ3) is 11.7. The zero-order valence-corrected chi connectivity index (χ0v) is 39.6. The summed E-state index contributed by atoms with van der Waals surface area (Å²) in [6, 6.07) is 16.2. The number of ketones is 2. The van der Waals surface area contributed by atoms with Crippen LogP contribution in [0.1, 0.15) is 137 Å². The molecule has 2 aliphatic carbocycles. The average Bonchev–Trinajstić information content (AvgIpc) is 3.94. The highest BCUT2D eigenvalue weighted by molar-refractivity contribution is 7.98. The Labute approximate surface area is 381 Å². The number of sulfone groups is 1. The molecule has 14 nitrogen and oxygen atoms in total. The highest BCUT2D eigenvalue weighted by atomic mass is 32.2. The maximum atomic E-state index is 12.7. The van der Waals surface area contributed by atoms with E-state index < -0.39 is 9.84 Å². The van der Waals surface area contributed by atoms with E-state index in [4.69, 9.17) is 0 Å². The van der Waals surface area contributed by atoms with Crippen LogP contribution in [0.5, 0.6) is 0 Å². The molecule has 8 rings (SSSR count). The van der Waals surface area contributed by atoms with Crippen molar-refractivity contribution in [2.24, 2.45) is 11.8 Å². The van der Waals surface area contributed by atoms with Crippen molar-refractivity contribution in [3.05, 3.63) is 94.3 Å². The minimum atomic E-state index is -3.59. The van der Waals surface area contributed by atoms with Crippen LogP contribution in [0.25, 0.3) is 11.3 Å². The van der Waals surface area contributed by atoms with Crippen molar-refractivity contribution in [2.75, 3.05) is 23.1 Å². The van der Waals surface area contributed by atoms with Gasteiger partial charge in [-0.2, -0.15) is 34.2 Å². The van der Waals surface area contributed by atoms with Gasteiger partial charge in [0.25, 0.3) is 5.16 Å². The van der Waals surface area contributed by atoms with Gasteiger partial charge in [0.05, 0.1) is 12.4 Å². The lowest BCUT2D eigenvalue weighted by atomic mass is 9.84. The standard InChI is InChI=1S/C24H31N5O3S.C24H31N5OS/c1-16(2)20-15-26-29-22(20)27-24(33(3,31)32)28-23(29)25-14-18-9-7-8-17(12-18)13-21(30)19-10-5-4-6-11-19;1-16(2)20-15-26-29-22(20)27-24(31-3)28-23(29)25-14-18-9-7-8-17(12-18)13-21(30)19-10-5-4-6-11-19/h7-9,12,15-16,19H,4-6,10-11,13-14H2,1-3H3,(H,25,27,28);7-9,12,15-16,19H,4-6,10-11,13-14H2,1-3H3,(H,25,27,28). The van der Waals surface area contributed by atoms with Crippen molar-refractivity contribution in [2.45, 2.75) is 140 Å². The Morgan fingerprint density at radius 3 is 1.53 bits per heavy atom. The first-order valence-corrected chi connectivity index (χ1v) is 25.8. The monoisotopic (exact) mass is 906 g/mol. The fourth-order valence-corrected chi connectivity index (χ4v) is 9.51. The molecule has 340 valence electrons. The molecule has 0 saturated heterocycles. The molecule has 2 aliphatic rings. The summed E-state index contributed by atoms with van der Waals surface area (Å²) in [6.07, 6.45) is 19.0. The Kier molecular flexibility index (Phi) is 15.5. The minimum absolute atomic E-state index is 0.135. The average molecular weight is 907 g/mol. The molecule has 4 heterocycles. The molecule has 0 unspecified atom stereocenters. The fraction of sp³-hybridized carbons (Fsp3) is 0.500. The third-order valence-corrected chi connectivity index (χ3v) is 13.7. The summed E-state index contributed by atoms with van der Waals surface area (Å²) < 4.78 is 27.7. The molecule has 0 atom stereocenters. The Bertz CT molecular complexity index is 2680. The van der Waals surface area contributed by atoms with Gasteiger partial charge in [-0.3, -0.25) is 9.59 Å². The number of carbonyl (C=O) groups excluding carboxylic acids is 2. The molecular weight excluding hydrogens is 845 g/mol. The van der Waals surface area contributed by atoms with Crippen LogP contribution in [0.3, 0.4) is 0 Å². The van der Waals surface area contributed by atoms with Crippen LogP contribution in [0, 0.1) is 11.8 Å². The molecule has 0 amide bonds. The lowest BCUT2D eigenvalue weighted by Crippen LogP contribution is -2.19. The van der Waals surface area contributed by atoms with Crippen LogP contribution in [0.15, 0.2) is 71.2 Å². The lowest BCUT2D eigenvalue weighted by molar-refractivity contribution is -0.123. The van der Waals surface area contributed by atoms with Crippen molar-refractivity contribution in [3.8, 4) is 0 Å². The number of hydrogen-bond acceptors (Lipinski definition) is 13. The van der Waals surface area contributed by atoms with Gasteiger partial charge in [-0.1, -0.05) is 127 Å². The van der Waals surface area contributed by atoms with E-state index in [1.807, 2.05) is 56.6 Å². The van der Waals surface area contributed by atoms with Crippen LogP contribution in [-0.2, 0) is 45.4 Å². The molecule has 0 radical (unpaired) electrons. The van der Waals surface area contributed by atoms with Gasteiger partial charge >= 0.3 is 0 Å². The number of anilines is 2. The van der Waals surface area contributed by atoms with Gasteiger partial charge in [0.15, 0.2) is 16.5 Å². The molecule has 0 spiro atoms. The van der Waals surface area contributed by atoms with E-state index in [1.165, 1.54) is 37.4 Å². The molecule has 4 aromatic heterocycles. The second kappa shape index (κ2) is 21.2. The van der Waals surface area contributed by atoms with Gasteiger partial charge < -0.3 is 10.6 Å². The number of rotatable bonds is 16. The van der Waals surface area contributed by atoms with Crippen LogP contribution in [0.2, 0.25) is 0 Å². The molecule has 2 fully saturated rings. The van der Waals surface area contributed by atoms with E-state index in [0.717, 1.165) is 89.0 Å². The number of Topliss-reactive ketones (excluding diaryl/α,β-unsaturated/α-hetero) is 2. The summed E-state index contributed by atoms with van der Waals surface area (Å²) in [7, 11) is -3.59. The van der Waals surface area contributed by atoms with E-state index in [9.17, 15) is 18.0 Å². The summed E-state index contributed by atoms with van der Waals surface area (Å²) in [4.78, 5) is 43.1. The first kappa shape index (κ1) is 46.8. The SMILES string of the molecule is CC(C)c1cnn2c(NCc3cccc(CC(=O)C4CCCCC4)c3)nc(S(C)(=O)=O)nc12.CSc1nc(NCc2cccc(CC(=O)C3CCCCC3)c2)n2ncc(C(C)C)c2n1. The van der Waals surface area contributed by atoms with Gasteiger partial charge in [-0.25, -0.2) is 13.4 Å². The van der Waals surface area contributed by atoms with Crippen molar-refractivity contribution in [3.63, 3.8) is 0 Å². The Balaban J connectivity index is 0.000000192. The number of nitrogens with one attached hydrogen (secondary N) is 2. The maximum absolute atomic E-state index is 12.7. The van der Waals surface area contributed by atoms with Gasteiger partial charge in [-0.05, 0) is 66.0 Å². The molecule has 64 heavy (non-hydrogen) atoms. The predicted molar refractivity (Wildman–Crippen MR) is 253 cm³/mol. The second-order valence-electron chi connectivity index (χ2n) is 17.9. The molecule has 6 aromatic rings. The van der Waals surface area contributed by atoms with Crippen LogP contribution in [-0.4, -0.2) is 71.7 Å². The van der Waals surface area contributed by atoms with Gasteiger partial charge in [-0.15, -0.1) is 0 Å². The first-order chi connectivity index (χ1) is 30.8. The van der Waals surface area contributed by atoms with E-state index in [-0.39, 0.29) is 22.9 Å². The largest absolute Gasteiger partial charge is 0.350 e. The molecule has 0 bridgehead atoms. The molecular formula is C48H62N10O4S2. The molecule has 16 heteroatoms. The fourth-order valence-electron chi connectivity index (χ4n) is 8.65. The van der Waals surface area contributed by atoms with Gasteiger partial charge in [0.1, 0.15) is 11.6 Å². The van der Waals surface area contributed by atoms with Crippen molar-refractivity contribution < 1.29 is 18.0 Å². The Hall–Kier alpha value is -5.22. The first-order valence-electron chi connectivity index (χ1n) is 22.7. The number of thioether (sulfide) groups is 1. The summed E-state index contributed by atoms with van der Waals surface area (Å²) in [6.45, 7) is 9.33. The van der Waals surface area contributed by atoms with Gasteiger partial charge in [0, 0.05) is 55.1 Å². The smallest absolute Gasteiger partial charge is 0.252 e. The summed E-state index contributed by atoms with van der Waals surface area (Å²) >= 11 is 1.53. The summed E-state index contributed by atoms with van der Waals surface area (Å²) in [5.74, 6) is 2.65. The maximum Gasteiger partial charge on any atom is 0.252 e. The molecule has 0 aliphatic heterocycles. The summed E-state index contributed by atoms with van der Waals surface area (Å²) in [5, 5.41) is 16.0. The topological polar surface area (TPSA) is 178 Å². The predicted octanol–water partition coefficient (Wildman–Crippen LogP) is 9.23. The van der Waals surface area contributed by atoms with Crippen molar-refractivity contribution in [1.82, 2.24) is 39.2 Å². The van der Waals surface area contributed by atoms with Crippen molar-refractivity contribution >= 4 is 56.4 Å². The molecule has 2 N–H and O–H groups in total. The number of nitrogens with zero attached hydrogens (tertiary/aromatic N) is 8. The number of carbonyl (C=O) groups is 2. The minimum Gasteiger partial charge on any atom is -0.350 e. The number of fused-ring (bicyclic) bond motifs is 2. The lowest BCUT2D eigenvalue weighted by Gasteiger charge is -2.20. The zero-order chi connectivity index (χ0) is 45.4. The van der Waals surface area contributed by atoms with E-state index in [1.54, 1.807) is 15.2 Å². The number of benzene rings is 2. The van der Waals surface area contributed by atoms with E-state index in [2.05, 4.69) is 72.8 Å². The van der Waals surface area contributed by atoms with Crippen LogP contribution in [0.4, 0.5) is 11.9 Å².